The van der Waals surface area contributed by atoms with E-state index in [1.165, 1.54) is 12.8 Å². The van der Waals surface area contributed by atoms with Crippen LogP contribution in [0.2, 0.25) is 0 Å². The molecule has 3 aromatic heterocycles. The zero-order valence-electron chi connectivity index (χ0n) is 19.7. The summed E-state index contributed by atoms with van der Waals surface area (Å²) in [5.74, 6) is 0.726. The Kier molecular flexibility index (Phi) is 6.34. The molecule has 1 N–H and O–H groups in total. The van der Waals surface area contributed by atoms with Crippen molar-refractivity contribution in [3.63, 3.8) is 0 Å². The van der Waals surface area contributed by atoms with Crippen molar-refractivity contribution in [1.82, 2.24) is 25.0 Å². The van der Waals surface area contributed by atoms with Crippen LogP contribution in [0.1, 0.15) is 40.5 Å². The third kappa shape index (κ3) is 4.31. The SMILES string of the molecule is COc1cccc(C(CNC(=O)c2cc(-c3cccs3)nc3c2c(C)nn3C)N2CCCC2)c1. The second-order valence-corrected chi connectivity index (χ2v) is 9.63. The lowest BCUT2D eigenvalue weighted by Gasteiger charge is -2.28. The van der Waals surface area contributed by atoms with Crippen LogP contribution in [0.15, 0.2) is 47.8 Å². The van der Waals surface area contributed by atoms with Crippen molar-refractivity contribution in [2.24, 2.45) is 7.05 Å². The van der Waals surface area contributed by atoms with Gasteiger partial charge in [0.2, 0.25) is 0 Å². The maximum absolute atomic E-state index is 13.6. The highest BCUT2D eigenvalue weighted by Gasteiger charge is 2.26. The molecule has 1 saturated heterocycles. The van der Waals surface area contributed by atoms with Gasteiger partial charge in [-0.2, -0.15) is 5.10 Å². The van der Waals surface area contributed by atoms with Gasteiger partial charge in [-0.3, -0.25) is 14.4 Å². The van der Waals surface area contributed by atoms with E-state index in [1.807, 2.05) is 49.7 Å². The second kappa shape index (κ2) is 9.56. The molecule has 0 aliphatic carbocycles. The number of thiophene rings is 1. The standard InChI is InChI=1S/C26H29N5O2S/c1-17-24-20(15-21(23-10-7-13-34-23)28-25(24)30(2)29-17)26(32)27-16-22(31-11-4-5-12-31)18-8-6-9-19(14-18)33-3/h6-10,13-15,22H,4-5,11-12,16H2,1-3H3,(H,27,32). The molecule has 1 fully saturated rings. The van der Waals surface area contributed by atoms with Crippen molar-refractivity contribution in [3.05, 3.63) is 64.7 Å². The highest BCUT2D eigenvalue weighted by atomic mass is 32.1. The van der Waals surface area contributed by atoms with E-state index in [0.717, 1.165) is 51.7 Å². The number of pyridine rings is 1. The topological polar surface area (TPSA) is 72.3 Å². The number of likely N-dealkylation sites (tertiary alicyclic amines) is 1. The summed E-state index contributed by atoms with van der Waals surface area (Å²) in [5, 5.41) is 10.6. The van der Waals surface area contributed by atoms with Crippen LogP contribution < -0.4 is 10.1 Å². The van der Waals surface area contributed by atoms with Crippen molar-refractivity contribution in [2.75, 3.05) is 26.7 Å². The summed E-state index contributed by atoms with van der Waals surface area (Å²) in [6, 6.07) is 14.2. The molecule has 0 bridgehead atoms. The van der Waals surface area contributed by atoms with E-state index in [9.17, 15) is 4.79 Å². The number of nitrogens with one attached hydrogen (secondary N) is 1. The van der Waals surface area contributed by atoms with Gasteiger partial charge in [0.1, 0.15) is 5.75 Å². The monoisotopic (exact) mass is 475 g/mol. The molecule has 0 spiro atoms. The van der Waals surface area contributed by atoms with Crippen molar-refractivity contribution in [1.29, 1.82) is 0 Å². The molecule has 5 rings (SSSR count). The first-order chi connectivity index (χ1) is 16.5. The Bertz CT molecular complexity index is 1310. The van der Waals surface area contributed by atoms with Crippen LogP contribution in [0.3, 0.4) is 0 Å². The summed E-state index contributed by atoms with van der Waals surface area (Å²) < 4.78 is 7.21. The van der Waals surface area contributed by atoms with Crippen LogP contribution in [-0.2, 0) is 7.05 Å². The van der Waals surface area contributed by atoms with Gasteiger partial charge in [-0.05, 0) is 68.1 Å². The average Bonchev–Trinajstić information content (AvgIpc) is 3.62. The molecule has 7 nitrogen and oxygen atoms in total. The fraction of sp³-hybridized carbons (Fsp3) is 0.346. The lowest BCUT2D eigenvalue weighted by atomic mass is 10.0. The van der Waals surface area contributed by atoms with E-state index in [1.54, 1.807) is 23.1 Å². The summed E-state index contributed by atoms with van der Waals surface area (Å²) >= 11 is 1.61. The number of carbonyl (C=O) groups excluding carboxylic acids is 1. The number of aryl methyl sites for hydroxylation is 2. The van der Waals surface area contributed by atoms with Gasteiger partial charge in [-0.15, -0.1) is 11.3 Å². The number of hydrogen-bond acceptors (Lipinski definition) is 6. The molecule has 4 heterocycles. The van der Waals surface area contributed by atoms with Crippen molar-refractivity contribution in [2.45, 2.75) is 25.8 Å². The first-order valence-corrected chi connectivity index (χ1v) is 12.5. The molecule has 8 heteroatoms. The number of methoxy groups -OCH3 is 1. The van der Waals surface area contributed by atoms with E-state index in [0.29, 0.717) is 12.1 Å². The number of rotatable bonds is 7. The second-order valence-electron chi connectivity index (χ2n) is 8.69. The zero-order chi connectivity index (χ0) is 23.7. The van der Waals surface area contributed by atoms with Gasteiger partial charge in [0.15, 0.2) is 5.65 Å². The van der Waals surface area contributed by atoms with Gasteiger partial charge in [0, 0.05) is 13.6 Å². The van der Waals surface area contributed by atoms with Crippen LogP contribution >= 0.6 is 11.3 Å². The Labute approximate surface area is 203 Å². The average molecular weight is 476 g/mol. The maximum Gasteiger partial charge on any atom is 0.252 e. The van der Waals surface area contributed by atoms with Crippen molar-refractivity contribution >= 4 is 28.3 Å². The van der Waals surface area contributed by atoms with Gasteiger partial charge >= 0.3 is 0 Å². The smallest absolute Gasteiger partial charge is 0.252 e. The zero-order valence-corrected chi connectivity index (χ0v) is 20.6. The molecule has 0 radical (unpaired) electrons. The van der Waals surface area contributed by atoms with Gasteiger partial charge in [0.25, 0.3) is 5.91 Å². The summed E-state index contributed by atoms with van der Waals surface area (Å²) in [6.07, 6.45) is 2.36. The number of amides is 1. The Morgan fingerprint density at radius 1 is 1.21 bits per heavy atom. The van der Waals surface area contributed by atoms with Crippen LogP contribution in [-0.4, -0.2) is 52.3 Å². The normalized spacial score (nSPS) is 15.0. The molecule has 176 valence electrons. The molecule has 1 unspecified atom stereocenters. The summed E-state index contributed by atoms with van der Waals surface area (Å²) in [7, 11) is 3.55. The molecule has 0 saturated carbocycles. The molecule has 1 aliphatic heterocycles. The molecule has 34 heavy (non-hydrogen) atoms. The summed E-state index contributed by atoms with van der Waals surface area (Å²) in [4.78, 5) is 21.9. The van der Waals surface area contributed by atoms with E-state index < -0.39 is 0 Å². The van der Waals surface area contributed by atoms with Gasteiger partial charge < -0.3 is 10.1 Å². The lowest BCUT2D eigenvalue weighted by molar-refractivity contribution is 0.0939. The highest BCUT2D eigenvalue weighted by Crippen LogP contribution is 2.30. The third-order valence-corrected chi connectivity index (χ3v) is 7.40. The highest BCUT2D eigenvalue weighted by molar-refractivity contribution is 7.13. The number of aromatic nitrogens is 3. The van der Waals surface area contributed by atoms with E-state index >= 15 is 0 Å². The number of nitrogens with zero attached hydrogens (tertiary/aromatic N) is 4. The lowest BCUT2D eigenvalue weighted by Crippen LogP contribution is -2.37. The van der Waals surface area contributed by atoms with Crippen LogP contribution in [0.4, 0.5) is 0 Å². The third-order valence-electron chi connectivity index (χ3n) is 6.50. The molecular weight excluding hydrogens is 446 g/mol. The first kappa shape index (κ1) is 22.6. The fourth-order valence-corrected chi connectivity index (χ4v) is 5.51. The summed E-state index contributed by atoms with van der Waals surface area (Å²) in [6.45, 7) is 4.50. The largest absolute Gasteiger partial charge is 0.497 e. The van der Waals surface area contributed by atoms with Crippen LogP contribution in [0.25, 0.3) is 21.6 Å². The van der Waals surface area contributed by atoms with E-state index in [2.05, 4.69) is 27.4 Å². The predicted octanol–water partition coefficient (Wildman–Crippen LogP) is 4.58. The Balaban J connectivity index is 1.47. The molecular formula is C26H29N5O2S. The van der Waals surface area contributed by atoms with Gasteiger partial charge in [0.05, 0.1) is 40.4 Å². The Morgan fingerprint density at radius 2 is 2.03 bits per heavy atom. The number of hydrogen-bond donors (Lipinski definition) is 1. The fourth-order valence-electron chi connectivity index (χ4n) is 4.82. The predicted molar refractivity (Wildman–Crippen MR) is 135 cm³/mol. The van der Waals surface area contributed by atoms with E-state index in [4.69, 9.17) is 9.72 Å². The molecule has 1 amide bonds. The van der Waals surface area contributed by atoms with Crippen molar-refractivity contribution in [3.8, 4) is 16.3 Å². The minimum Gasteiger partial charge on any atom is -0.497 e. The number of carbonyl (C=O) groups is 1. The number of fused-ring (bicyclic) bond motifs is 1. The number of ether oxygens (including phenoxy) is 1. The summed E-state index contributed by atoms with van der Waals surface area (Å²) in [5.41, 5.74) is 4.08. The molecule has 1 atom stereocenters. The Hall–Kier alpha value is -3.23. The molecule has 1 aliphatic rings. The number of benzene rings is 1. The van der Waals surface area contributed by atoms with Gasteiger partial charge in [-0.25, -0.2) is 4.98 Å². The van der Waals surface area contributed by atoms with Gasteiger partial charge in [-0.1, -0.05) is 18.2 Å². The Morgan fingerprint density at radius 3 is 2.76 bits per heavy atom. The maximum atomic E-state index is 13.6. The molecule has 1 aromatic carbocycles. The first-order valence-electron chi connectivity index (χ1n) is 11.6. The van der Waals surface area contributed by atoms with Crippen LogP contribution in [0, 0.1) is 6.92 Å². The minimum atomic E-state index is -0.103. The van der Waals surface area contributed by atoms with Crippen LogP contribution in [0.5, 0.6) is 5.75 Å². The quantitative estimate of drug-likeness (QED) is 0.424. The van der Waals surface area contributed by atoms with Crippen molar-refractivity contribution < 1.29 is 9.53 Å². The van der Waals surface area contributed by atoms with E-state index in [-0.39, 0.29) is 11.9 Å². The minimum absolute atomic E-state index is 0.0886. The molecule has 4 aromatic rings.